The lowest BCUT2D eigenvalue weighted by atomic mass is 9.41. The lowest BCUT2D eigenvalue weighted by Gasteiger charge is -2.64. The van der Waals surface area contributed by atoms with Crippen molar-refractivity contribution in [1.29, 1.82) is 0 Å². The highest BCUT2D eigenvalue weighted by Gasteiger charge is 2.60. The van der Waals surface area contributed by atoms with E-state index in [1.54, 1.807) is 18.2 Å². The lowest BCUT2D eigenvalue weighted by molar-refractivity contribution is -0.140. The fourth-order valence-corrected chi connectivity index (χ4v) is 12.0. The highest BCUT2D eigenvalue weighted by atomic mass is 16.4. The number of rotatable bonds is 7. The summed E-state index contributed by atoms with van der Waals surface area (Å²) in [6.45, 7) is 19.5. The van der Waals surface area contributed by atoms with Crippen molar-refractivity contribution in [3.8, 4) is 38.5 Å². The second-order valence-corrected chi connectivity index (χ2v) is 17.2. The van der Waals surface area contributed by atoms with Gasteiger partial charge in [-0.2, -0.15) is 0 Å². The summed E-state index contributed by atoms with van der Waals surface area (Å²) in [6, 6.07) is 15.9. The molecule has 320 valence electrons. The summed E-state index contributed by atoms with van der Waals surface area (Å²) >= 11 is 0. The van der Waals surface area contributed by atoms with Crippen LogP contribution >= 0.6 is 0 Å². The van der Waals surface area contributed by atoms with Gasteiger partial charge in [-0.3, -0.25) is 4.79 Å². The maximum atomic E-state index is 11.3. The minimum Gasteiger partial charge on any atom is -0.480 e. The van der Waals surface area contributed by atoms with Crippen LogP contribution < -0.4 is 5.32 Å². The minimum absolute atomic E-state index is 0.121. The van der Waals surface area contributed by atoms with Gasteiger partial charge in [0.05, 0.1) is 5.56 Å². The molecular weight excluding hydrogens is 731 g/mol. The van der Waals surface area contributed by atoms with E-state index in [4.69, 9.17) is 5.11 Å². The predicted molar refractivity (Wildman–Crippen MR) is 246 cm³/mol. The van der Waals surface area contributed by atoms with Gasteiger partial charge in [-0.1, -0.05) is 103 Å². The Morgan fingerprint density at radius 3 is 1.90 bits per heavy atom. The van der Waals surface area contributed by atoms with Crippen LogP contribution in [0.2, 0.25) is 0 Å². The number of amides is 1. The van der Waals surface area contributed by atoms with E-state index in [0.717, 1.165) is 35.2 Å². The molecule has 59 heavy (non-hydrogen) atoms. The zero-order valence-electron chi connectivity index (χ0n) is 37.0. The Bertz CT molecular complexity index is 1690. The molecule has 6 unspecified atom stereocenters. The van der Waals surface area contributed by atoms with Crippen molar-refractivity contribution in [3.05, 3.63) is 90.0 Å². The van der Waals surface area contributed by atoms with Crippen molar-refractivity contribution in [2.24, 2.45) is 51.8 Å². The number of hydrogen-bond acceptors (Lipinski definition) is 3. The van der Waals surface area contributed by atoms with Crippen molar-refractivity contribution in [2.45, 2.75) is 125 Å². The van der Waals surface area contributed by atoms with Gasteiger partial charge in [0.25, 0.3) is 0 Å². The van der Waals surface area contributed by atoms with Gasteiger partial charge < -0.3 is 15.5 Å². The van der Waals surface area contributed by atoms with E-state index in [9.17, 15) is 19.5 Å². The Balaban J connectivity index is 0.000000583. The largest absolute Gasteiger partial charge is 0.480 e. The maximum Gasteiger partial charge on any atom is 0.335 e. The first-order valence-corrected chi connectivity index (χ1v) is 21.4. The fourth-order valence-electron chi connectivity index (χ4n) is 12.0. The molecule has 6 heteroatoms. The van der Waals surface area contributed by atoms with E-state index in [1.807, 2.05) is 63.2 Å². The van der Waals surface area contributed by atoms with Crippen LogP contribution in [0.4, 0.5) is 0 Å². The minimum atomic E-state index is -1.03. The van der Waals surface area contributed by atoms with Crippen LogP contribution in [0.1, 0.15) is 134 Å². The van der Waals surface area contributed by atoms with E-state index in [1.165, 1.54) is 75.3 Å². The number of carbonyl (C=O) groups is 3. The molecule has 7 rings (SSSR count). The van der Waals surface area contributed by atoms with Crippen LogP contribution in [0.3, 0.4) is 0 Å². The number of nitrogens with one attached hydrogen (secondary N) is 1. The van der Waals surface area contributed by atoms with Gasteiger partial charge >= 0.3 is 11.9 Å². The third-order valence-electron chi connectivity index (χ3n) is 14.2. The Morgan fingerprint density at radius 2 is 1.36 bits per heavy atom. The number of carbonyl (C=O) groups excluding carboxylic acids is 1. The molecule has 4 saturated carbocycles. The number of aliphatic carboxylic acids is 1. The molecule has 5 aliphatic carbocycles. The van der Waals surface area contributed by atoms with Gasteiger partial charge in [0.2, 0.25) is 6.41 Å². The monoisotopic (exact) mass is 804 g/mol. The maximum absolute atomic E-state index is 11.3. The van der Waals surface area contributed by atoms with Crippen molar-refractivity contribution in [1.82, 2.24) is 5.32 Å². The normalized spacial score (nSPS) is 29.0. The molecule has 6 nitrogen and oxygen atoms in total. The smallest absolute Gasteiger partial charge is 0.335 e. The molecule has 2 aromatic rings. The molecule has 2 aromatic carbocycles. The molecule has 0 radical (unpaired) electrons. The second kappa shape index (κ2) is 24.8. The number of hydrogen-bond donors (Lipinski definition) is 3. The number of carboxylic acid groups (broad SMARTS) is 2. The lowest BCUT2D eigenvalue weighted by Crippen LogP contribution is -2.56. The van der Waals surface area contributed by atoms with E-state index >= 15 is 0 Å². The summed E-state index contributed by atoms with van der Waals surface area (Å²) in [5.41, 5.74) is 5.11. The van der Waals surface area contributed by atoms with E-state index in [-0.39, 0.29) is 5.41 Å². The zero-order chi connectivity index (χ0) is 45.0. The van der Waals surface area contributed by atoms with Crippen molar-refractivity contribution in [2.75, 3.05) is 0 Å². The van der Waals surface area contributed by atoms with Gasteiger partial charge in [0, 0.05) is 6.42 Å². The van der Waals surface area contributed by atoms with Gasteiger partial charge in [0.1, 0.15) is 6.04 Å². The molecule has 1 amide bonds. The van der Waals surface area contributed by atoms with Crippen LogP contribution in [0.5, 0.6) is 0 Å². The third-order valence-corrected chi connectivity index (χ3v) is 14.2. The molecule has 0 aromatic heterocycles. The van der Waals surface area contributed by atoms with E-state index in [0.29, 0.717) is 35.1 Å². The molecule has 0 heterocycles. The van der Waals surface area contributed by atoms with Crippen LogP contribution in [-0.2, 0) is 16.0 Å². The summed E-state index contributed by atoms with van der Waals surface area (Å²) in [6.07, 6.45) is 43.4. The average Bonchev–Trinajstić information content (AvgIpc) is 3.66. The number of aromatic carboxylic acids is 1. The van der Waals surface area contributed by atoms with Crippen LogP contribution in [0, 0.1) is 90.3 Å². The first kappa shape index (κ1) is 52.0. The number of terminal acetylenes is 3. The quantitative estimate of drug-likeness (QED) is 0.147. The molecule has 0 saturated heterocycles. The average molecular weight is 804 g/mol. The number of benzene rings is 2. The van der Waals surface area contributed by atoms with Crippen LogP contribution in [0.25, 0.3) is 5.57 Å². The molecule has 9 atom stereocenters. The summed E-state index contributed by atoms with van der Waals surface area (Å²) in [5.74, 6) is 3.68. The summed E-state index contributed by atoms with van der Waals surface area (Å²) in [7, 11) is 0. The standard InChI is InChI=1S/C32H44O2.C10H11NO3.C3H6.C2H6.3C2H2/c1-30(2)25(20-7-9-21(10-8-20)29(33)34)16-19-32(4)27-13-11-23-22(24(27)12-14-28(30)32)15-18-31(3)17-5-6-26(23)31;12-7-11-9(10(13)14)6-8-4-2-1-3-5-8;1-3-2;4*1-2/h7-10,16,22-24,26-28H,5-6,11-15,17-19H2,1-4H3,(H,33,34);1-5,7,9H,6H2,(H,11,12)(H,13,14);3H,1H2,2H3;1-2H3;3*1-2H/t22?,23?,24?,26?,27?,28?,31-,32-;9-;;;;;/m10...../s1. The Hall–Kier alpha value is -4.99. The zero-order valence-corrected chi connectivity index (χ0v) is 37.0. The molecule has 5 aliphatic rings. The predicted octanol–water partition coefficient (Wildman–Crippen LogP) is 11.9. The van der Waals surface area contributed by atoms with E-state index < -0.39 is 18.0 Å². The van der Waals surface area contributed by atoms with Crippen molar-refractivity contribution >= 4 is 23.9 Å². The van der Waals surface area contributed by atoms with Gasteiger partial charge in [-0.05, 0) is 145 Å². The highest BCUT2D eigenvalue weighted by Crippen LogP contribution is 2.69. The van der Waals surface area contributed by atoms with Crippen molar-refractivity contribution < 1.29 is 24.6 Å². The fraction of sp³-hybridized carbons (Fsp3) is 0.528. The first-order valence-electron chi connectivity index (χ1n) is 21.4. The molecule has 3 N–H and O–H groups in total. The molecule has 4 fully saturated rings. The first-order chi connectivity index (χ1) is 28.3. The molecule has 0 bridgehead atoms. The topological polar surface area (TPSA) is 104 Å². The Kier molecular flexibility index (Phi) is 21.9. The number of carboxylic acids is 2. The summed E-state index contributed by atoms with van der Waals surface area (Å²) in [4.78, 5) is 32.2. The summed E-state index contributed by atoms with van der Waals surface area (Å²) < 4.78 is 0. The van der Waals surface area contributed by atoms with Crippen LogP contribution in [0.15, 0.2) is 73.3 Å². The van der Waals surface area contributed by atoms with Gasteiger partial charge in [0.15, 0.2) is 0 Å². The Morgan fingerprint density at radius 1 is 0.797 bits per heavy atom. The van der Waals surface area contributed by atoms with Crippen LogP contribution in [-0.4, -0.2) is 34.6 Å². The Labute approximate surface area is 358 Å². The number of fused-ring (bicyclic) bond motifs is 7. The second-order valence-electron chi connectivity index (χ2n) is 17.2. The van der Waals surface area contributed by atoms with E-state index in [2.05, 4.69) is 84.2 Å². The van der Waals surface area contributed by atoms with Gasteiger partial charge in [-0.15, -0.1) is 45.1 Å². The third kappa shape index (κ3) is 12.0. The van der Waals surface area contributed by atoms with Gasteiger partial charge in [-0.25, -0.2) is 9.59 Å². The SMILES string of the molecule is C#C.C#C.C#C.C=CC.CC.CC1(C)C(c2ccc(C(=O)O)cc2)=CC[C@]2(C)C3CCC4C(CC[C@@]5(C)CCCC45)C3CCC12.O=CN[C@@H](Cc1ccccc1)C(=O)O. The molecule has 0 aliphatic heterocycles. The molecular formula is C53H73NO5. The summed E-state index contributed by atoms with van der Waals surface area (Å²) in [5, 5.41) is 20.3. The number of allylic oxidation sites excluding steroid dienone is 3. The molecule has 0 spiro atoms. The highest BCUT2D eigenvalue weighted by molar-refractivity contribution is 5.88. The van der Waals surface area contributed by atoms with Crippen molar-refractivity contribution in [3.63, 3.8) is 0 Å².